The average molecular weight is 463 g/mol. The fraction of sp³-hybridized carbons (Fsp3) is 0.600. The molecular weight excluding hydrogens is 437 g/mol. The average Bonchev–Trinajstić information content (AvgIpc) is 3.16. The molecule has 24 heavy (non-hydrogen) atoms. The van der Waals surface area contributed by atoms with Crippen LogP contribution in [0.25, 0.3) is 0 Å². The van der Waals surface area contributed by atoms with Gasteiger partial charge in [-0.05, 0) is 13.8 Å². The lowest BCUT2D eigenvalue weighted by molar-refractivity contribution is 0.632. The summed E-state index contributed by atoms with van der Waals surface area (Å²) in [7, 11) is 0. The van der Waals surface area contributed by atoms with E-state index in [1.807, 2.05) is 6.20 Å². The Morgan fingerprint density at radius 2 is 2.17 bits per heavy atom. The smallest absolute Gasteiger partial charge is 0.191 e. The molecule has 0 unspecified atom stereocenters. The standard InChI is InChI=1S/C15H25N7S.HI/c1-4-13-21-20-11-22(13)9-8-18-15(16-5-2)17-7-6-14-19-10-12(3)23-14;/h10-11H,4-9H2,1-3H3,(H2,16,17,18);1H. The molecule has 2 rings (SSSR count). The maximum Gasteiger partial charge on any atom is 0.191 e. The molecule has 0 aliphatic carbocycles. The van der Waals surface area contributed by atoms with Crippen molar-refractivity contribution in [3.8, 4) is 0 Å². The summed E-state index contributed by atoms with van der Waals surface area (Å²) in [6.07, 6.45) is 5.45. The highest BCUT2D eigenvalue weighted by Gasteiger charge is 2.03. The van der Waals surface area contributed by atoms with Crippen LogP contribution in [0.3, 0.4) is 0 Å². The Morgan fingerprint density at radius 1 is 1.33 bits per heavy atom. The number of guanidine groups is 1. The number of hydrogen-bond acceptors (Lipinski definition) is 5. The predicted octanol–water partition coefficient (Wildman–Crippen LogP) is 2.02. The third-order valence-corrected chi connectivity index (χ3v) is 4.24. The molecule has 0 fully saturated rings. The highest BCUT2D eigenvalue weighted by Crippen LogP contribution is 2.11. The number of aliphatic imine (C=N–C) groups is 1. The van der Waals surface area contributed by atoms with Crippen LogP contribution in [0.1, 0.15) is 29.6 Å². The predicted molar refractivity (Wildman–Crippen MR) is 109 cm³/mol. The molecule has 0 aromatic carbocycles. The van der Waals surface area contributed by atoms with Crippen molar-refractivity contribution in [3.05, 3.63) is 28.2 Å². The van der Waals surface area contributed by atoms with E-state index < -0.39 is 0 Å². The fourth-order valence-electron chi connectivity index (χ4n) is 2.16. The zero-order valence-electron chi connectivity index (χ0n) is 14.4. The van der Waals surface area contributed by atoms with Crippen LogP contribution in [0.15, 0.2) is 17.5 Å². The molecule has 0 bridgehead atoms. The SMILES string of the molecule is CCNC(=NCCc1ncc(C)s1)NCCn1cnnc1CC.I. The van der Waals surface area contributed by atoms with Gasteiger partial charge >= 0.3 is 0 Å². The zero-order chi connectivity index (χ0) is 16.5. The Labute approximate surface area is 164 Å². The van der Waals surface area contributed by atoms with E-state index in [9.17, 15) is 0 Å². The summed E-state index contributed by atoms with van der Waals surface area (Å²) in [5, 5.41) is 15.8. The second-order valence-corrected chi connectivity index (χ2v) is 6.42. The Kier molecular flexibility index (Phi) is 9.84. The van der Waals surface area contributed by atoms with Crippen molar-refractivity contribution in [2.45, 2.75) is 40.2 Å². The van der Waals surface area contributed by atoms with Gasteiger partial charge in [-0.15, -0.1) is 45.5 Å². The quantitative estimate of drug-likeness (QED) is 0.356. The minimum atomic E-state index is 0. The van der Waals surface area contributed by atoms with Crippen molar-refractivity contribution in [3.63, 3.8) is 0 Å². The van der Waals surface area contributed by atoms with E-state index in [4.69, 9.17) is 0 Å². The molecular formula is C15H26IN7S. The van der Waals surface area contributed by atoms with Gasteiger partial charge in [0.25, 0.3) is 0 Å². The number of halogens is 1. The van der Waals surface area contributed by atoms with Crippen molar-refractivity contribution in [2.75, 3.05) is 19.6 Å². The third-order valence-electron chi connectivity index (χ3n) is 3.27. The van der Waals surface area contributed by atoms with Crippen LogP contribution in [0.5, 0.6) is 0 Å². The maximum absolute atomic E-state index is 4.60. The van der Waals surface area contributed by atoms with E-state index in [-0.39, 0.29) is 24.0 Å². The number of hydrogen-bond donors (Lipinski definition) is 2. The number of nitrogens with one attached hydrogen (secondary N) is 2. The van der Waals surface area contributed by atoms with Crippen LogP contribution in [0.2, 0.25) is 0 Å². The molecule has 0 aliphatic rings. The minimum Gasteiger partial charge on any atom is -0.357 e. The highest BCUT2D eigenvalue weighted by molar-refractivity contribution is 14.0. The fourth-order valence-corrected chi connectivity index (χ4v) is 2.93. The van der Waals surface area contributed by atoms with Crippen LogP contribution < -0.4 is 10.6 Å². The molecule has 2 aromatic rings. The topological polar surface area (TPSA) is 80.0 Å². The molecule has 2 aromatic heterocycles. The molecule has 0 saturated carbocycles. The summed E-state index contributed by atoms with van der Waals surface area (Å²) < 4.78 is 2.06. The van der Waals surface area contributed by atoms with Crippen molar-refractivity contribution in [1.29, 1.82) is 0 Å². The van der Waals surface area contributed by atoms with E-state index in [2.05, 4.69) is 56.1 Å². The Balaban J connectivity index is 0.00000288. The summed E-state index contributed by atoms with van der Waals surface area (Å²) in [5.41, 5.74) is 0. The van der Waals surface area contributed by atoms with E-state index in [0.717, 1.165) is 55.8 Å². The van der Waals surface area contributed by atoms with Gasteiger partial charge in [-0.3, -0.25) is 4.99 Å². The molecule has 0 saturated heterocycles. The lowest BCUT2D eigenvalue weighted by atomic mass is 10.4. The molecule has 9 heteroatoms. The summed E-state index contributed by atoms with van der Waals surface area (Å²) in [6, 6.07) is 0. The van der Waals surface area contributed by atoms with Gasteiger partial charge < -0.3 is 15.2 Å². The van der Waals surface area contributed by atoms with Crippen molar-refractivity contribution < 1.29 is 0 Å². The molecule has 2 N–H and O–H groups in total. The molecule has 134 valence electrons. The molecule has 7 nitrogen and oxygen atoms in total. The summed E-state index contributed by atoms with van der Waals surface area (Å²) in [4.78, 5) is 10.2. The largest absolute Gasteiger partial charge is 0.357 e. The maximum atomic E-state index is 4.60. The minimum absolute atomic E-state index is 0. The van der Waals surface area contributed by atoms with Gasteiger partial charge in [0.1, 0.15) is 12.2 Å². The summed E-state index contributed by atoms with van der Waals surface area (Å²) >= 11 is 1.73. The summed E-state index contributed by atoms with van der Waals surface area (Å²) in [5.74, 6) is 1.85. The molecule has 0 spiro atoms. The third kappa shape index (κ3) is 6.71. The lowest BCUT2D eigenvalue weighted by Gasteiger charge is -2.12. The normalized spacial score (nSPS) is 11.2. The first-order valence-corrected chi connectivity index (χ1v) is 8.84. The van der Waals surface area contributed by atoms with Gasteiger partial charge in [0, 0.05) is 50.1 Å². The molecule has 0 aliphatic heterocycles. The monoisotopic (exact) mass is 463 g/mol. The van der Waals surface area contributed by atoms with Gasteiger partial charge in [-0.2, -0.15) is 0 Å². The van der Waals surface area contributed by atoms with Gasteiger partial charge in [0.15, 0.2) is 5.96 Å². The molecule has 0 radical (unpaired) electrons. The van der Waals surface area contributed by atoms with E-state index in [1.165, 1.54) is 4.88 Å². The first kappa shape index (κ1) is 20.8. The molecule has 2 heterocycles. The van der Waals surface area contributed by atoms with Crippen molar-refractivity contribution >= 4 is 41.3 Å². The van der Waals surface area contributed by atoms with Crippen LogP contribution in [-0.2, 0) is 19.4 Å². The second kappa shape index (κ2) is 11.3. The number of rotatable bonds is 8. The summed E-state index contributed by atoms with van der Waals surface area (Å²) in [6.45, 7) is 9.41. The zero-order valence-corrected chi connectivity index (χ0v) is 17.6. The highest BCUT2D eigenvalue weighted by atomic mass is 127. The van der Waals surface area contributed by atoms with Crippen molar-refractivity contribution in [1.82, 2.24) is 30.4 Å². The Morgan fingerprint density at radius 3 is 2.83 bits per heavy atom. The van der Waals surface area contributed by atoms with Gasteiger partial charge in [0.2, 0.25) is 0 Å². The number of aryl methyl sites for hydroxylation is 2. The lowest BCUT2D eigenvalue weighted by Crippen LogP contribution is -2.39. The van der Waals surface area contributed by atoms with E-state index >= 15 is 0 Å². The molecule has 0 atom stereocenters. The number of nitrogens with zero attached hydrogens (tertiary/aromatic N) is 5. The van der Waals surface area contributed by atoms with E-state index in [0.29, 0.717) is 0 Å². The van der Waals surface area contributed by atoms with Crippen molar-refractivity contribution in [2.24, 2.45) is 4.99 Å². The van der Waals surface area contributed by atoms with Gasteiger partial charge in [0.05, 0.1) is 5.01 Å². The van der Waals surface area contributed by atoms with E-state index in [1.54, 1.807) is 17.7 Å². The van der Waals surface area contributed by atoms with Crippen LogP contribution in [-0.4, -0.2) is 45.3 Å². The van der Waals surface area contributed by atoms with Crippen LogP contribution >= 0.6 is 35.3 Å². The number of thiazole rings is 1. The first-order valence-electron chi connectivity index (χ1n) is 8.03. The van der Waals surface area contributed by atoms with Crippen LogP contribution in [0.4, 0.5) is 0 Å². The number of aromatic nitrogens is 4. The Bertz CT molecular complexity index is 623. The second-order valence-electron chi connectivity index (χ2n) is 5.10. The van der Waals surface area contributed by atoms with Gasteiger partial charge in [-0.1, -0.05) is 6.92 Å². The van der Waals surface area contributed by atoms with Crippen LogP contribution in [0, 0.1) is 6.92 Å². The molecule has 0 amide bonds. The Hall–Kier alpha value is -1.23. The first-order chi connectivity index (χ1) is 11.2. The van der Waals surface area contributed by atoms with Gasteiger partial charge in [-0.25, -0.2) is 4.98 Å².